The molecule has 2 aromatic rings. The van der Waals surface area contributed by atoms with E-state index in [1.165, 1.54) is 25.2 Å². The number of nitrogens with zero attached hydrogens (tertiary/aromatic N) is 1. The van der Waals surface area contributed by atoms with E-state index in [-0.39, 0.29) is 16.7 Å². The first-order valence-electron chi connectivity index (χ1n) is 6.49. The highest BCUT2D eigenvalue weighted by Gasteiger charge is 2.22. The molecule has 1 amide bonds. The van der Waals surface area contributed by atoms with E-state index in [0.717, 1.165) is 4.57 Å². The number of fused-ring (bicyclic) bond motifs is 1. The number of amides is 1. The SMILES string of the molecule is Cn1c(=O)c(C(=O)NCC(=O)O)c(O)c2ccc(OC(=O)O)cc21. The lowest BCUT2D eigenvalue weighted by atomic mass is 10.1. The summed E-state index contributed by atoms with van der Waals surface area (Å²) in [6, 6.07) is 3.72. The third-order valence-corrected chi connectivity index (χ3v) is 3.17. The molecule has 0 saturated heterocycles. The lowest BCUT2D eigenvalue weighted by Crippen LogP contribution is -2.35. The number of carbonyl (C=O) groups is 3. The number of aliphatic carboxylic acids is 1. The van der Waals surface area contributed by atoms with Gasteiger partial charge in [-0.3, -0.25) is 14.4 Å². The number of carboxylic acid groups (broad SMARTS) is 2. The van der Waals surface area contributed by atoms with Crippen molar-refractivity contribution in [1.29, 1.82) is 0 Å². The van der Waals surface area contributed by atoms with Crippen LogP contribution in [0.3, 0.4) is 0 Å². The predicted octanol–water partition coefficient (Wildman–Crippen LogP) is 0.115. The van der Waals surface area contributed by atoms with Crippen LogP contribution in [0.4, 0.5) is 4.79 Å². The second-order valence-corrected chi connectivity index (χ2v) is 4.71. The molecular weight excluding hydrogens is 324 g/mol. The molecule has 10 nitrogen and oxygen atoms in total. The van der Waals surface area contributed by atoms with Crippen molar-refractivity contribution in [3.05, 3.63) is 34.1 Å². The summed E-state index contributed by atoms with van der Waals surface area (Å²) in [6.07, 6.45) is -1.55. The van der Waals surface area contributed by atoms with Crippen LogP contribution in [0.1, 0.15) is 10.4 Å². The number of carbonyl (C=O) groups excluding carboxylic acids is 1. The second-order valence-electron chi connectivity index (χ2n) is 4.71. The van der Waals surface area contributed by atoms with Gasteiger partial charge >= 0.3 is 12.1 Å². The van der Waals surface area contributed by atoms with E-state index in [2.05, 4.69) is 4.74 Å². The first kappa shape index (κ1) is 16.8. The monoisotopic (exact) mass is 336 g/mol. The Morgan fingerprint density at radius 2 is 1.92 bits per heavy atom. The number of carboxylic acids is 1. The molecule has 10 heteroatoms. The number of pyridine rings is 1. The Morgan fingerprint density at radius 1 is 1.25 bits per heavy atom. The summed E-state index contributed by atoms with van der Waals surface area (Å²) in [5.41, 5.74) is -1.36. The topological polar surface area (TPSA) is 155 Å². The molecule has 0 bridgehead atoms. The largest absolute Gasteiger partial charge is 0.511 e. The highest BCUT2D eigenvalue weighted by atomic mass is 16.7. The molecule has 0 fully saturated rings. The Morgan fingerprint density at radius 3 is 2.50 bits per heavy atom. The number of hydrogen-bond acceptors (Lipinski definition) is 6. The molecule has 0 spiro atoms. The van der Waals surface area contributed by atoms with Gasteiger partial charge in [0.2, 0.25) is 0 Å². The fraction of sp³-hybridized carbons (Fsp3) is 0.143. The zero-order valence-corrected chi connectivity index (χ0v) is 12.3. The van der Waals surface area contributed by atoms with Gasteiger partial charge in [-0.2, -0.15) is 0 Å². The maximum Gasteiger partial charge on any atom is 0.511 e. The zero-order valence-electron chi connectivity index (χ0n) is 12.3. The number of aromatic nitrogens is 1. The number of benzene rings is 1. The Labute approximate surface area is 133 Å². The lowest BCUT2D eigenvalue weighted by Gasteiger charge is -2.12. The maximum absolute atomic E-state index is 12.3. The van der Waals surface area contributed by atoms with Gasteiger partial charge < -0.3 is 29.9 Å². The number of hydrogen-bond donors (Lipinski definition) is 4. The van der Waals surface area contributed by atoms with E-state index in [0.29, 0.717) is 0 Å². The fourth-order valence-corrected chi connectivity index (χ4v) is 2.12. The molecule has 0 saturated carbocycles. The van der Waals surface area contributed by atoms with Gasteiger partial charge in [0.05, 0.1) is 5.52 Å². The third kappa shape index (κ3) is 3.11. The molecule has 0 aliphatic rings. The molecule has 2 rings (SSSR count). The van der Waals surface area contributed by atoms with E-state index < -0.39 is 41.4 Å². The highest BCUT2D eigenvalue weighted by molar-refractivity contribution is 6.03. The van der Waals surface area contributed by atoms with Gasteiger partial charge in [-0.15, -0.1) is 0 Å². The number of rotatable bonds is 4. The van der Waals surface area contributed by atoms with E-state index >= 15 is 0 Å². The van der Waals surface area contributed by atoms with Gasteiger partial charge in [-0.05, 0) is 12.1 Å². The van der Waals surface area contributed by atoms with Crippen molar-refractivity contribution in [3.8, 4) is 11.5 Å². The second kappa shape index (κ2) is 6.28. The molecule has 0 radical (unpaired) electrons. The first-order valence-corrected chi connectivity index (χ1v) is 6.49. The van der Waals surface area contributed by atoms with Crippen molar-refractivity contribution >= 4 is 28.9 Å². The average Bonchev–Trinajstić information content (AvgIpc) is 2.50. The average molecular weight is 336 g/mol. The zero-order chi connectivity index (χ0) is 18.0. The quantitative estimate of drug-likeness (QED) is 0.453. The molecule has 0 atom stereocenters. The maximum atomic E-state index is 12.3. The van der Waals surface area contributed by atoms with Crippen LogP contribution in [0.5, 0.6) is 11.5 Å². The summed E-state index contributed by atoms with van der Waals surface area (Å²) in [5, 5.41) is 29.4. The van der Waals surface area contributed by atoms with Crippen molar-refractivity contribution in [3.63, 3.8) is 0 Å². The van der Waals surface area contributed by atoms with Crippen LogP contribution in [-0.2, 0) is 11.8 Å². The summed E-state index contributed by atoms with van der Waals surface area (Å²) < 4.78 is 5.49. The van der Waals surface area contributed by atoms with Gasteiger partial charge in [0, 0.05) is 18.5 Å². The van der Waals surface area contributed by atoms with Crippen LogP contribution in [0.25, 0.3) is 10.9 Å². The van der Waals surface area contributed by atoms with Crippen molar-refractivity contribution in [2.24, 2.45) is 7.05 Å². The van der Waals surface area contributed by atoms with Crippen LogP contribution < -0.4 is 15.6 Å². The van der Waals surface area contributed by atoms with Crippen molar-refractivity contribution in [2.75, 3.05) is 6.54 Å². The molecule has 4 N–H and O–H groups in total. The van der Waals surface area contributed by atoms with E-state index in [1.54, 1.807) is 0 Å². The Kier molecular flexibility index (Phi) is 4.40. The standard InChI is InChI=1S/C14H12N2O8/c1-16-8-4-6(24-14(22)23)2-3-7(8)11(19)10(13(16)21)12(20)15-5-9(17)18/h2-4,19H,5H2,1H3,(H,15,20)(H,17,18)(H,22,23). The van der Waals surface area contributed by atoms with E-state index in [4.69, 9.17) is 10.2 Å². The number of aromatic hydroxyl groups is 1. The number of aryl methyl sites for hydroxylation is 1. The Bertz CT molecular complexity index is 915. The summed E-state index contributed by atoms with van der Waals surface area (Å²) >= 11 is 0. The van der Waals surface area contributed by atoms with Crippen LogP contribution in [0.2, 0.25) is 0 Å². The molecule has 126 valence electrons. The summed E-state index contributed by atoms with van der Waals surface area (Å²) in [7, 11) is 1.31. The van der Waals surface area contributed by atoms with E-state index in [9.17, 15) is 24.3 Å². The summed E-state index contributed by atoms with van der Waals surface area (Å²) in [6.45, 7) is -0.717. The van der Waals surface area contributed by atoms with Gasteiger partial charge in [0.15, 0.2) is 0 Å². The molecule has 0 aliphatic carbocycles. The van der Waals surface area contributed by atoms with E-state index in [1.807, 2.05) is 5.32 Å². The molecule has 24 heavy (non-hydrogen) atoms. The van der Waals surface area contributed by atoms with Crippen LogP contribution in [-0.4, -0.2) is 44.5 Å². The Hall–Kier alpha value is -3.56. The number of ether oxygens (including phenoxy) is 1. The minimum absolute atomic E-state index is 0.0764. The minimum atomic E-state index is -1.55. The smallest absolute Gasteiger partial charge is 0.506 e. The normalized spacial score (nSPS) is 10.4. The number of nitrogens with one attached hydrogen (secondary N) is 1. The van der Waals surface area contributed by atoms with Crippen LogP contribution in [0.15, 0.2) is 23.0 Å². The van der Waals surface area contributed by atoms with Crippen LogP contribution >= 0.6 is 0 Å². The van der Waals surface area contributed by atoms with Crippen molar-refractivity contribution in [2.45, 2.75) is 0 Å². The predicted molar refractivity (Wildman–Crippen MR) is 79.5 cm³/mol. The van der Waals surface area contributed by atoms with Crippen LogP contribution in [0, 0.1) is 0 Å². The van der Waals surface area contributed by atoms with Crippen molar-refractivity contribution < 1.29 is 34.4 Å². The summed E-state index contributed by atoms with van der Waals surface area (Å²) in [4.78, 5) is 45.3. The molecule has 1 heterocycles. The molecule has 1 aromatic carbocycles. The molecule has 0 unspecified atom stereocenters. The molecule has 1 aromatic heterocycles. The lowest BCUT2D eigenvalue weighted by molar-refractivity contribution is -0.135. The molecule has 0 aliphatic heterocycles. The van der Waals surface area contributed by atoms with Gasteiger partial charge in [-0.1, -0.05) is 0 Å². The van der Waals surface area contributed by atoms with Crippen molar-refractivity contribution in [1.82, 2.24) is 9.88 Å². The first-order chi connectivity index (χ1) is 11.2. The summed E-state index contributed by atoms with van der Waals surface area (Å²) in [5.74, 6) is -3.07. The third-order valence-electron chi connectivity index (χ3n) is 3.17. The Balaban J connectivity index is 2.60. The fourth-order valence-electron chi connectivity index (χ4n) is 2.12. The van der Waals surface area contributed by atoms with Gasteiger partial charge in [-0.25, -0.2) is 4.79 Å². The van der Waals surface area contributed by atoms with Gasteiger partial charge in [0.25, 0.3) is 11.5 Å². The highest BCUT2D eigenvalue weighted by Crippen LogP contribution is 2.29. The molecular formula is C14H12N2O8. The van der Waals surface area contributed by atoms with Gasteiger partial charge in [0.1, 0.15) is 23.6 Å². The minimum Gasteiger partial charge on any atom is -0.506 e.